The maximum atomic E-state index is 14.5. The first-order chi connectivity index (χ1) is 17.9. The van der Waals surface area contributed by atoms with Gasteiger partial charge in [-0.15, -0.1) is 0 Å². The molecule has 7 nitrogen and oxygen atoms in total. The van der Waals surface area contributed by atoms with Gasteiger partial charge in [-0.1, -0.05) is 61.2 Å². The second-order valence-corrected chi connectivity index (χ2v) is 12.8. The normalized spacial score (nSPS) is 13.6. The van der Waals surface area contributed by atoms with E-state index in [1.54, 1.807) is 31.7 Å². The molecule has 0 aromatic heterocycles. The zero-order valence-electron chi connectivity index (χ0n) is 24.9. The molecular weight excluding hydrogens is 490 g/mol. The average Bonchev–Trinajstić information content (AvgIpc) is 2.79. The number of hydrogen-bond acceptors (Lipinski definition) is 4. The largest absolute Gasteiger partial charge is 0.444 e. The minimum absolute atomic E-state index is 0.228. The Morgan fingerprint density at radius 1 is 0.923 bits per heavy atom. The quantitative estimate of drug-likeness (QED) is 0.431. The second kappa shape index (κ2) is 12.5. The summed E-state index contributed by atoms with van der Waals surface area (Å²) in [7, 11) is 0. The van der Waals surface area contributed by atoms with Gasteiger partial charge in [0.15, 0.2) is 0 Å². The van der Waals surface area contributed by atoms with Crippen molar-refractivity contribution < 1.29 is 19.1 Å². The molecule has 7 heteroatoms. The molecule has 2 aromatic carbocycles. The molecule has 212 valence electrons. The Bertz CT molecular complexity index is 1150. The lowest BCUT2D eigenvalue weighted by molar-refractivity contribution is -0.149. The summed E-state index contributed by atoms with van der Waals surface area (Å²) in [6, 6.07) is 14.9. The zero-order valence-corrected chi connectivity index (χ0v) is 24.9. The van der Waals surface area contributed by atoms with Crippen molar-refractivity contribution in [3.8, 4) is 0 Å². The van der Waals surface area contributed by atoms with E-state index in [1.807, 2.05) is 96.1 Å². The number of amides is 3. The predicted octanol–water partition coefficient (Wildman–Crippen LogP) is 6.05. The van der Waals surface area contributed by atoms with Crippen molar-refractivity contribution in [3.63, 3.8) is 0 Å². The Balaban J connectivity index is 2.66. The number of nitrogens with zero attached hydrogens (tertiary/aromatic N) is 1. The lowest BCUT2D eigenvalue weighted by Crippen LogP contribution is -2.60. The summed E-state index contributed by atoms with van der Waals surface area (Å²) in [5.74, 6) is -0.710. The van der Waals surface area contributed by atoms with Crippen molar-refractivity contribution >= 4 is 24.0 Å². The molecule has 0 aliphatic carbocycles. The van der Waals surface area contributed by atoms with Crippen LogP contribution in [0.2, 0.25) is 0 Å². The molecule has 0 fully saturated rings. The van der Waals surface area contributed by atoms with Gasteiger partial charge in [-0.25, -0.2) is 4.79 Å². The monoisotopic (exact) mass is 535 g/mol. The first-order valence-corrected chi connectivity index (χ1v) is 13.3. The molecule has 0 saturated carbocycles. The standard InChI is InChI=1S/C32H45N3O4/c1-11-22-18-15-19-24(20-22)26(27(36)34-30(2,3)4)35(31(5,6)7)28(37)25(21-23-16-13-12-14-17-23)33-29(38)39-32(8,9)10/h11-20,25-26H,1,21H2,2-10H3,(H,33,38)(H,34,36). The Kier molecular flexibility index (Phi) is 10.1. The van der Waals surface area contributed by atoms with Crippen LogP contribution in [0.15, 0.2) is 61.2 Å². The van der Waals surface area contributed by atoms with E-state index in [-0.39, 0.29) is 12.3 Å². The number of ether oxygens (including phenoxy) is 1. The number of hydrogen-bond donors (Lipinski definition) is 2. The van der Waals surface area contributed by atoms with Gasteiger partial charge in [0.1, 0.15) is 17.7 Å². The topological polar surface area (TPSA) is 87.7 Å². The maximum Gasteiger partial charge on any atom is 0.408 e. The smallest absolute Gasteiger partial charge is 0.408 e. The van der Waals surface area contributed by atoms with Gasteiger partial charge in [-0.3, -0.25) is 9.59 Å². The van der Waals surface area contributed by atoms with Gasteiger partial charge in [0.05, 0.1) is 0 Å². The summed E-state index contributed by atoms with van der Waals surface area (Å²) in [4.78, 5) is 42.8. The Labute approximate surface area is 234 Å². The maximum absolute atomic E-state index is 14.5. The second-order valence-electron chi connectivity index (χ2n) is 12.8. The highest BCUT2D eigenvalue weighted by Crippen LogP contribution is 2.31. The van der Waals surface area contributed by atoms with Crippen molar-refractivity contribution in [2.24, 2.45) is 0 Å². The number of rotatable bonds is 8. The van der Waals surface area contributed by atoms with Crippen LogP contribution in [0.5, 0.6) is 0 Å². The summed E-state index contributed by atoms with van der Waals surface area (Å²) < 4.78 is 5.50. The van der Waals surface area contributed by atoms with Crippen LogP contribution in [-0.4, -0.2) is 45.5 Å². The van der Waals surface area contributed by atoms with E-state index in [9.17, 15) is 14.4 Å². The molecule has 2 rings (SSSR count). The van der Waals surface area contributed by atoms with Crippen LogP contribution < -0.4 is 10.6 Å². The molecule has 0 bridgehead atoms. The van der Waals surface area contributed by atoms with E-state index in [0.717, 1.165) is 11.1 Å². The summed E-state index contributed by atoms with van der Waals surface area (Å²) in [6.45, 7) is 20.5. The number of nitrogens with one attached hydrogen (secondary N) is 2. The third-order valence-corrected chi connectivity index (χ3v) is 5.70. The molecular formula is C32H45N3O4. The van der Waals surface area contributed by atoms with Crippen LogP contribution in [0.3, 0.4) is 0 Å². The summed E-state index contributed by atoms with van der Waals surface area (Å²) in [6.07, 6.45) is 1.23. The summed E-state index contributed by atoms with van der Waals surface area (Å²) in [5, 5.41) is 5.84. The van der Waals surface area contributed by atoms with Crippen molar-refractivity contribution in [3.05, 3.63) is 77.9 Å². The molecule has 0 heterocycles. The molecule has 3 amide bonds. The van der Waals surface area contributed by atoms with Crippen molar-refractivity contribution in [2.75, 3.05) is 0 Å². The van der Waals surface area contributed by atoms with Gasteiger partial charge in [-0.05, 0) is 85.1 Å². The predicted molar refractivity (Wildman–Crippen MR) is 157 cm³/mol. The van der Waals surface area contributed by atoms with E-state index in [2.05, 4.69) is 17.2 Å². The summed E-state index contributed by atoms with van der Waals surface area (Å²) in [5.41, 5.74) is 0.282. The van der Waals surface area contributed by atoms with Crippen LogP contribution in [0.4, 0.5) is 4.79 Å². The van der Waals surface area contributed by atoms with Crippen LogP contribution in [-0.2, 0) is 20.7 Å². The highest BCUT2D eigenvalue weighted by molar-refractivity contribution is 5.93. The summed E-state index contributed by atoms with van der Waals surface area (Å²) >= 11 is 0. The third-order valence-electron chi connectivity index (χ3n) is 5.70. The third kappa shape index (κ3) is 9.89. The zero-order chi connectivity index (χ0) is 29.6. The molecule has 39 heavy (non-hydrogen) atoms. The van der Waals surface area contributed by atoms with Gasteiger partial charge in [-0.2, -0.15) is 0 Å². The first kappa shape index (κ1) is 31.6. The van der Waals surface area contributed by atoms with Crippen LogP contribution in [0.1, 0.15) is 85.0 Å². The number of benzene rings is 2. The number of alkyl carbamates (subject to hydrolysis) is 1. The fourth-order valence-electron chi connectivity index (χ4n) is 4.22. The van der Waals surface area contributed by atoms with E-state index in [1.165, 1.54) is 0 Å². The molecule has 0 spiro atoms. The fraction of sp³-hybridized carbons (Fsp3) is 0.469. The molecule has 0 aliphatic rings. The molecule has 0 saturated heterocycles. The average molecular weight is 536 g/mol. The van der Waals surface area contributed by atoms with E-state index < -0.39 is 40.8 Å². The molecule has 2 unspecified atom stereocenters. The SMILES string of the molecule is C=Cc1cccc(C(C(=O)NC(C)(C)C)N(C(=O)C(Cc2ccccc2)NC(=O)OC(C)(C)C)C(C)(C)C)c1. The fourth-order valence-corrected chi connectivity index (χ4v) is 4.22. The number of carbonyl (C=O) groups excluding carboxylic acids is 3. The molecule has 2 aromatic rings. The van der Waals surface area contributed by atoms with Gasteiger partial charge in [0.2, 0.25) is 11.8 Å². The first-order valence-electron chi connectivity index (χ1n) is 13.3. The molecule has 0 aliphatic heterocycles. The van der Waals surface area contributed by atoms with Gasteiger partial charge >= 0.3 is 6.09 Å². The van der Waals surface area contributed by atoms with Crippen molar-refractivity contribution in [2.45, 2.75) is 97.5 Å². The lowest BCUT2D eigenvalue weighted by atomic mass is 9.92. The Morgan fingerprint density at radius 3 is 2.05 bits per heavy atom. The highest BCUT2D eigenvalue weighted by atomic mass is 16.6. The van der Waals surface area contributed by atoms with Crippen LogP contribution in [0.25, 0.3) is 6.08 Å². The van der Waals surface area contributed by atoms with Gasteiger partial charge in [0, 0.05) is 17.5 Å². The molecule has 2 atom stereocenters. The molecule has 0 radical (unpaired) electrons. The van der Waals surface area contributed by atoms with Crippen LogP contribution >= 0.6 is 0 Å². The van der Waals surface area contributed by atoms with E-state index in [4.69, 9.17) is 4.74 Å². The number of carbonyl (C=O) groups is 3. The van der Waals surface area contributed by atoms with Gasteiger partial charge < -0.3 is 20.3 Å². The van der Waals surface area contributed by atoms with E-state index >= 15 is 0 Å². The van der Waals surface area contributed by atoms with Gasteiger partial charge in [0.25, 0.3) is 0 Å². The minimum Gasteiger partial charge on any atom is -0.444 e. The highest BCUT2D eigenvalue weighted by Gasteiger charge is 2.42. The molecule has 2 N–H and O–H groups in total. The lowest BCUT2D eigenvalue weighted by Gasteiger charge is -2.43. The van der Waals surface area contributed by atoms with Crippen molar-refractivity contribution in [1.29, 1.82) is 0 Å². The minimum atomic E-state index is -0.978. The van der Waals surface area contributed by atoms with Crippen molar-refractivity contribution in [1.82, 2.24) is 15.5 Å². The van der Waals surface area contributed by atoms with E-state index in [0.29, 0.717) is 5.56 Å². The Morgan fingerprint density at radius 2 is 1.54 bits per heavy atom. The van der Waals surface area contributed by atoms with Crippen LogP contribution in [0, 0.1) is 0 Å². The Hall–Kier alpha value is -3.61.